The topological polar surface area (TPSA) is 84.6 Å². The number of nitrogen functional groups attached to an aromatic ring is 1. The van der Waals surface area contributed by atoms with Gasteiger partial charge in [0, 0.05) is 10.6 Å². The highest BCUT2D eigenvalue weighted by molar-refractivity contribution is 6.31. The van der Waals surface area contributed by atoms with Crippen molar-refractivity contribution in [3.63, 3.8) is 0 Å². The van der Waals surface area contributed by atoms with Gasteiger partial charge in [-0.15, -0.1) is 0 Å². The summed E-state index contributed by atoms with van der Waals surface area (Å²) >= 11 is 5.93. The summed E-state index contributed by atoms with van der Waals surface area (Å²) in [5.74, 6) is -0.0118. The smallest absolute Gasteiger partial charge is 0.255 e. The van der Waals surface area contributed by atoms with Crippen molar-refractivity contribution in [1.82, 2.24) is 0 Å². The van der Waals surface area contributed by atoms with Crippen molar-refractivity contribution < 1.29 is 14.6 Å². The van der Waals surface area contributed by atoms with E-state index in [4.69, 9.17) is 22.1 Å². The Balaban J connectivity index is 2.26. The van der Waals surface area contributed by atoms with Crippen molar-refractivity contribution in [2.45, 2.75) is 6.92 Å². The molecule has 0 unspecified atom stereocenters. The monoisotopic (exact) mass is 306 g/mol. The fourth-order valence-electron chi connectivity index (χ4n) is 1.76. The summed E-state index contributed by atoms with van der Waals surface area (Å²) in [7, 11) is 0. The number of amides is 1. The summed E-state index contributed by atoms with van der Waals surface area (Å²) in [5, 5.41) is 12.7. The van der Waals surface area contributed by atoms with Crippen molar-refractivity contribution in [2.24, 2.45) is 0 Å². The summed E-state index contributed by atoms with van der Waals surface area (Å²) in [6.07, 6.45) is 0. The zero-order valence-electron chi connectivity index (χ0n) is 11.4. The van der Waals surface area contributed by atoms with Crippen LogP contribution in [0.25, 0.3) is 0 Å². The minimum absolute atomic E-state index is 0.140. The second kappa shape index (κ2) is 6.37. The molecular formula is C15H15ClN2O3. The molecule has 0 heterocycles. The number of halogens is 1. The number of hydrogen-bond donors (Lipinski definition) is 3. The van der Waals surface area contributed by atoms with Crippen molar-refractivity contribution in [2.75, 3.05) is 17.7 Å². The first-order valence-electron chi connectivity index (χ1n) is 6.33. The van der Waals surface area contributed by atoms with Gasteiger partial charge in [0.2, 0.25) is 0 Å². The number of hydrogen-bond acceptors (Lipinski definition) is 4. The lowest BCUT2D eigenvalue weighted by molar-refractivity contribution is 0.102. The van der Waals surface area contributed by atoms with E-state index >= 15 is 0 Å². The molecule has 2 aromatic rings. The highest BCUT2D eigenvalue weighted by atomic mass is 35.5. The van der Waals surface area contributed by atoms with Gasteiger partial charge in [0.05, 0.1) is 18.0 Å². The molecule has 0 atom stereocenters. The number of rotatable bonds is 4. The van der Waals surface area contributed by atoms with E-state index in [1.54, 1.807) is 18.2 Å². The van der Waals surface area contributed by atoms with Crippen molar-refractivity contribution in [3.8, 4) is 11.5 Å². The molecule has 4 N–H and O–H groups in total. The number of benzene rings is 2. The third-order valence-electron chi connectivity index (χ3n) is 2.78. The molecule has 0 aliphatic carbocycles. The van der Waals surface area contributed by atoms with Gasteiger partial charge in [-0.25, -0.2) is 0 Å². The van der Waals surface area contributed by atoms with Crippen LogP contribution in [0, 0.1) is 0 Å². The maximum Gasteiger partial charge on any atom is 0.255 e. The number of ether oxygens (including phenoxy) is 1. The van der Waals surface area contributed by atoms with E-state index in [-0.39, 0.29) is 17.0 Å². The SMILES string of the molecule is CCOc1ccc(Cl)cc1NC(=O)c1ccc(N)c(O)c1. The lowest BCUT2D eigenvalue weighted by Crippen LogP contribution is -2.13. The van der Waals surface area contributed by atoms with Gasteiger partial charge >= 0.3 is 0 Å². The molecule has 110 valence electrons. The van der Waals surface area contributed by atoms with Crippen LogP contribution in [-0.4, -0.2) is 17.6 Å². The normalized spacial score (nSPS) is 10.2. The predicted molar refractivity (Wildman–Crippen MR) is 83.1 cm³/mol. The first-order chi connectivity index (χ1) is 10.0. The quantitative estimate of drug-likeness (QED) is 0.598. The average molecular weight is 307 g/mol. The first-order valence-corrected chi connectivity index (χ1v) is 6.71. The largest absolute Gasteiger partial charge is 0.506 e. The molecule has 21 heavy (non-hydrogen) atoms. The minimum Gasteiger partial charge on any atom is -0.506 e. The van der Waals surface area contributed by atoms with Gasteiger partial charge < -0.3 is 20.9 Å². The van der Waals surface area contributed by atoms with Crippen LogP contribution in [0.5, 0.6) is 11.5 Å². The Bertz CT molecular complexity index is 674. The number of phenols is 1. The molecule has 0 saturated carbocycles. The van der Waals surface area contributed by atoms with Crippen LogP contribution in [-0.2, 0) is 0 Å². The van der Waals surface area contributed by atoms with Crippen molar-refractivity contribution in [1.29, 1.82) is 0 Å². The lowest BCUT2D eigenvalue weighted by Gasteiger charge is -2.12. The fraction of sp³-hybridized carbons (Fsp3) is 0.133. The van der Waals surface area contributed by atoms with E-state index in [0.29, 0.717) is 23.1 Å². The third-order valence-corrected chi connectivity index (χ3v) is 3.02. The maximum absolute atomic E-state index is 12.2. The van der Waals surface area contributed by atoms with E-state index in [9.17, 15) is 9.90 Å². The molecule has 0 aliphatic rings. The van der Waals surface area contributed by atoms with Crippen LogP contribution in [0.1, 0.15) is 17.3 Å². The van der Waals surface area contributed by atoms with Gasteiger partial charge in [0.1, 0.15) is 11.5 Å². The van der Waals surface area contributed by atoms with Gasteiger partial charge in [0.25, 0.3) is 5.91 Å². The van der Waals surface area contributed by atoms with Gasteiger partial charge in [-0.2, -0.15) is 0 Å². The first kappa shape index (κ1) is 15.0. The van der Waals surface area contributed by atoms with E-state index in [1.165, 1.54) is 18.2 Å². The number of phenolic OH excluding ortho intramolecular Hbond substituents is 1. The Morgan fingerprint density at radius 2 is 2.10 bits per heavy atom. The molecule has 0 saturated heterocycles. The molecule has 5 nitrogen and oxygen atoms in total. The van der Waals surface area contributed by atoms with Crippen LogP contribution in [0.4, 0.5) is 11.4 Å². The summed E-state index contributed by atoms with van der Waals surface area (Å²) < 4.78 is 5.43. The number of carbonyl (C=O) groups excluding carboxylic acids is 1. The Hall–Kier alpha value is -2.40. The minimum atomic E-state index is -0.395. The van der Waals surface area contributed by atoms with Gasteiger partial charge in [-0.05, 0) is 43.3 Å². The van der Waals surface area contributed by atoms with Crippen LogP contribution < -0.4 is 15.8 Å². The zero-order chi connectivity index (χ0) is 15.4. The van der Waals surface area contributed by atoms with Crippen LogP contribution in [0.15, 0.2) is 36.4 Å². The maximum atomic E-state index is 12.2. The summed E-state index contributed by atoms with van der Waals surface area (Å²) in [6.45, 7) is 2.31. The van der Waals surface area contributed by atoms with Crippen LogP contribution in [0.3, 0.4) is 0 Å². The summed E-state index contributed by atoms with van der Waals surface area (Å²) in [4.78, 5) is 12.2. The second-order valence-electron chi connectivity index (χ2n) is 4.30. The molecular weight excluding hydrogens is 292 g/mol. The van der Waals surface area contributed by atoms with Crippen molar-refractivity contribution in [3.05, 3.63) is 47.0 Å². The number of anilines is 2. The predicted octanol–water partition coefficient (Wildman–Crippen LogP) is 3.28. The number of nitrogens with one attached hydrogen (secondary N) is 1. The standard InChI is InChI=1S/C15H15ClN2O3/c1-2-21-14-6-4-10(16)8-12(14)18-15(20)9-3-5-11(17)13(19)7-9/h3-8,19H,2,17H2,1H3,(H,18,20). The van der Waals surface area contributed by atoms with E-state index in [1.807, 2.05) is 6.92 Å². The molecule has 0 aliphatic heterocycles. The van der Waals surface area contributed by atoms with Crippen LogP contribution >= 0.6 is 11.6 Å². The van der Waals surface area contributed by atoms with E-state index < -0.39 is 5.91 Å². The third kappa shape index (κ3) is 3.58. The average Bonchev–Trinajstić information content (AvgIpc) is 2.45. The summed E-state index contributed by atoms with van der Waals surface area (Å²) in [5.41, 5.74) is 6.46. The summed E-state index contributed by atoms with van der Waals surface area (Å²) in [6, 6.07) is 9.25. The van der Waals surface area contributed by atoms with Gasteiger partial charge in [-0.3, -0.25) is 4.79 Å². The Kier molecular flexibility index (Phi) is 4.55. The molecule has 0 radical (unpaired) electrons. The fourth-order valence-corrected chi connectivity index (χ4v) is 1.93. The number of aromatic hydroxyl groups is 1. The number of nitrogens with two attached hydrogens (primary N) is 1. The molecule has 1 amide bonds. The van der Waals surface area contributed by atoms with E-state index in [2.05, 4.69) is 5.32 Å². The molecule has 2 aromatic carbocycles. The highest BCUT2D eigenvalue weighted by Gasteiger charge is 2.12. The molecule has 0 spiro atoms. The Morgan fingerprint density at radius 1 is 1.33 bits per heavy atom. The molecule has 0 bridgehead atoms. The Morgan fingerprint density at radius 3 is 2.76 bits per heavy atom. The second-order valence-corrected chi connectivity index (χ2v) is 4.74. The van der Waals surface area contributed by atoms with Crippen molar-refractivity contribution >= 4 is 28.9 Å². The molecule has 2 rings (SSSR count). The lowest BCUT2D eigenvalue weighted by atomic mass is 10.1. The van der Waals surface area contributed by atoms with Crippen LogP contribution in [0.2, 0.25) is 5.02 Å². The highest BCUT2D eigenvalue weighted by Crippen LogP contribution is 2.29. The van der Waals surface area contributed by atoms with E-state index in [0.717, 1.165) is 0 Å². The molecule has 6 heteroatoms. The molecule has 0 fully saturated rings. The van der Waals surface area contributed by atoms with Gasteiger partial charge in [-0.1, -0.05) is 11.6 Å². The Labute approximate surface area is 127 Å². The molecule has 0 aromatic heterocycles. The zero-order valence-corrected chi connectivity index (χ0v) is 12.1. The van der Waals surface area contributed by atoms with Gasteiger partial charge in [0.15, 0.2) is 0 Å². The number of carbonyl (C=O) groups is 1.